The Morgan fingerprint density at radius 3 is 2.30 bits per heavy atom. The fourth-order valence-corrected chi connectivity index (χ4v) is 2.66. The summed E-state index contributed by atoms with van der Waals surface area (Å²) in [5.74, 6) is 0.0601. The van der Waals surface area contributed by atoms with Crippen LogP contribution in [0.25, 0.3) is 0 Å². The Morgan fingerprint density at radius 2 is 1.74 bits per heavy atom. The second kappa shape index (κ2) is 10.3. The quantitative estimate of drug-likeness (QED) is 0.772. The molecule has 0 saturated heterocycles. The van der Waals surface area contributed by atoms with Crippen molar-refractivity contribution >= 4 is 30.1 Å². The summed E-state index contributed by atoms with van der Waals surface area (Å²) in [6.07, 6.45) is 2.83. The molecule has 2 aromatic rings. The lowest BCUT2D eigenvalue weighted by Gasteiger charge is -2.23. The molecule has 0 aliphatic heterocycles. The third-order valence-electron chi connectivity index (χ3n) is 3.47. The second-order valence-electron chi connectivity index (χ2n) is 5.08. The monoisotopic (exact) mass is 350 g/mol. The smallest absolute Gasteiger partial charge is 0.254 e. The van der Waals surface area contributed by atoms with Crippen molar-refractivity contribution in [2.75, 3.05) is 19.3 Å². The van der Waals surface area contributed by atoms with Crippen LogP contribution in [-0.2, 0) is 6.54 Å². The van der Waals surface area contributed by atoms with Crippen LogP contribution in [-0.4, -0.2) is 30.2 Å². The molecule has 0 unspecified atom stereocenters. The van der Waals surface area contributed by atoms with Gasteiger partial charge in [0, 0.05) is 23.5 Å². The van der Waals surface area contributed by atoms with Crippen LogP contribution in [0.1, 0.15) is 22.3 Å². The number of benzene rings is 2. The maximum atomic E-state index is 12.7. The lowest BCUT2D eigenvalue weighted by Crippen LogP contribution is -2.32. The Balaban J connectivity index is 0.00000264. The van der Waals surface area contributed by atoms with Gasteiger partial charge in [-0.25, -0.2) is 0 Å². The summed E-state index contributed by atoms with van der Waals surface area (Å²) in [5, 5.41) is 0. The minimum atomic E-state index is 0. The Bertz CT molecular complexity index is 590. The summed E-state index contributed by atoms with van der Waals surface area (Å²) in [6, 6.07) is 17.8. The first-order valence-corrected chi connectivity index (χ1v) is 8.64. The highest BCUT2D eigenvalue weighted by atomic mass is 35.5. The molecule has 0 spiro atoms. The fourth-order valence-electron chi connectivity index (χ4n) is 2.25. The number of carbonyl (C=O) groups is 1. The van der Waals surface area contributed by atoms with Gasteiger partial charge in [0.2, 0.25) is 0 Å². The zero-order valence-corrected chi connectivity index (χ0v) is 14.9. The number of rotatable bonds is 7. The van der Waals surface area contributed by atoms with Crippen LogP contribution in [0.3, 0.4) is 0 Å². The first-order chi connectivity index (χ1) is 10.7. The van der Waals surface area contributed by atoms with Gasteiger partial charge in [-0.2, -0.15) is 0 Å². The van der Waals surface area contributed by atoms with Crippen molar-refractivity contribution in [3.05, 3.63) is 65.7 Å². The molecule has 1 amide bonds. The normalized spacial score (nSPS) is 10.0. The van der Waals surface area contributed by atoms with Crippen molar-refractivity contribution in [2.45, 2.75) is 17.9 Å². The molecule has 3 nitrogen and oxygen atoms in total. The van der Waals surface area contributed by atoms with E-state index in [0.29, 0.717) is 19.6 Å². The molecule has 0 aliphatic rings. The van der Waals surface area contributed by atoms with Gasteiger partial charge >= 0.3 is 0 Å². The summed E-state index contributed by atoms with van der Waals surface area (Å²) in [5.41, 5.74) is 7.47. The number of amides is 1. The third-order valence-corrected chi connectivity index (χ3v) is 4.22. The Labute approximate surface area is 148 Å². The van der Waals surface area contributed by atoms with Crippen molar-refractivity contribution in [1.82, 2.24) is 4.90 Å². The van der Waals surface area contributed by atoms with Crippen molar-refractivity contribution in [3.63, 3.8) is 0 Å². The van der Waals surface area contributed by atoms with Crippen LogP contribution < -0.4 is 5.73 Å². The first kappa shape index (κ1) is 19.6. The standard InChI is InChI=1S/C18H22N2OS.ClH/c1-22-17-10-8-16(9-11-17)18(21)20(13-5-12-19)14-15-6-3-2-4-7-15;/h2-4,6-11H,5,12-14,19H2,1H3;1H. The van der Waals surface area contributed by atoms with E-state index in [9.17, 15) is 4.79 Å². The lowest BCUT2D eigenvalue weighted by molar-refractivity contribution is 0.0742. The van der Waals surface area contributed by atoms with Crippen molar-refractivity contribution in [1.29, 1.82) is 0 Å². The first-order valence-electron chi connectivity index (χ1n) is 7.42. The van der Waals surface area contributed by atoms with Gasteiger partial charge in [-0.15, -0.1) is 24.2 Å². The minimum absolute atomic E-state index is 0. The molecule has 2 rings (SSSR count). The van der Waals surface area contributed by atoms with Gasteiger partial charge in [-0.3, -0.25) is 4.79 Å². The van der Waals surface area contributed by atoms with Gasteiger partial charge in [-0.1, -0.05) is 30.3 Å². The molecule has 23 heavy (non-hydrogen) atoms. The Hall–Kier alpha value is -1.49. The molecular weight excluding hydrogens is 328 g/mol. The average molecular weight is 351 g/mol. The van der Waals surface area contributed by atoms with Crippen molar-refractivity contribution in [3.8, 4) is 0 Å². The van der Waals surface area contributed by atoms with E-state index in [2.05, 4.69) is 0 Å². The molecule has 0 atom stereocenters. The van der Waals surface area contributed by atoms with Gasteiger partial charge in [0.25, 0.3) is 5.91 Å². The molecule has 0 radical (unpaired) electrons. The molecule has 2 aromatic carbocycles. The maximum absolute atomic E-state index is 12.7. The van der Waals surface area contributed by atoms with Crippen LogP contribution in [0, 0.1) is 0 Å². The highest BCUT2D eigenvalue weighted by molar-refractivity contribution is 7.98. The van der Waals surface area contributed by atoms with E-state index in [1.165, 1.54) is 0 Å². The average Bonchev–Trinajstić information content (AvgIpc) is 2.59. The molecule has 0 bridgehead atoms. The molecule has 0 saturated carbocycles. The summed E-state index contributed by atoms with van der Waals surface area (Å²) >= 11 is 1.67. The van der Waals surface area contributed by atoms with E-state index in [-0.39, 0.29) is 18.3 Å². The maximum Gasteiger partial charge on any atom is 0.254 e. The summed E-state index contributed by atoms with van der Waals surface area (Å²) < 4.78 is 0. The zero-order valence-electron chi connectivity index (χ0n) is 13.3. The molecule has 124 valence electrons. The zero-order chi connectivity index (χ0) is 15.8. The summed E-state index contributed by atoms with van der Waals surface area (Å²) in [6.45, 7) is 1.88. The van der Waals surface area contributed by atoms with Gasteiger partial charge < -0.3 is 10.6 Å². The fraction of sp³-hybridized carbons (Fsp3) is 0.278. The number of carbonyl (C=O) groups excluding carboxylic acids is 1. The Morgan fingerprint density at radius 1 is 1.09 bits per heavy atom. The molecule has 0 aromatic heterocycles. The van der Waals surface area contributed by atoms with E-state index < -0.39 is 0 Å². The molecule has 5 heteroatoms. The number of thioether (sulfide) groups is 1. The van der Waals surface area contributed by atoms with Gasteiger partial charge in [-0.05, 0) is 49.1 Å². The van der Waals surface area contributed by atoms with E-state index in [1.54, 1.807) is 11.8 Å². The van der Waals surface area contributed by atoms with Gasteiger partial charge in [0.05, 0.1) is 0 Å². The van der Waals surface area contributed by atoms with Crippen LogP contribution in [0.4, 0.5) is 0 Å². The van der Waals surface area contributed by atoms with Gasteiger partial charge in [0.1, 0.15) is 0 Å². The predicted molar refractivity (Wildman–Crippen MR) is 100 cm³/mol. The molecule has 0 aliphatic carbocycles. The van der Waals surface area contributed by atoms with E-state index in [1.807, 2.05) is 65.8 Å². The Kier molecular flexibility index (Phi) is 8.77. The number of hydrogen-bond acceptors (Lipinski definition) is 3. The molecule has 0 heterocycles. The van der Waals surface area contributed by atoms with Crippen molar-refractivity contribution < 1.29 is 4.79 Å². The van der Waals surface area contributed by atoms with E-state index in [4.69, 9.17) is 5.73 Å². The summed E-state index contributed by atoms with van der Waals surface area (Å²) in [4.78, 5) is 15.8. The minimum Gasteiger partial charge on any atom is -0.334 e. The van der Waals surface area contributed by atoms with Crippen LogP contribution >= 0.6 is 24.2 Å². The number of nitrogens with two attached hydrogens (primary N) is 1. The summed E-state index contributed by atoms with van der Waals surface area (Å²) in [7, 11) is 0. The predicted octanol–water partition coefficient (Wildman–Crippen LogP) is 3.82. The molecule has 0 fully saturated rings. The van der Waals surface area contributed by atoms with Crippen molar-refractivity contribution in [2.24, 2.45) is 5.73 Å². The molecular formula is C18H23ClN2OS. The second-order valence-corrected chi connectivity index (χ2v) is 5.96. The number of hydrogen-bond donors (Lipinski definition) is 1. The highest BCUT2D eigenvalue weighted by Gasteiger charge is 2.15. The van der Waals surface area contributed by atoms with Gasteiger partial charge in [0.15, 0.2) is 0 Å². The third kappa shape index (κ3) is 5.90. The van der Waals surface area contributed by atoms with E-state index in [0.717, 1.165) is 22.4 Å². The lowest BCUT2D eigenvalue weighted by atomic mass is 10.1. The van der Waals surface area contributed by atoms with E-state index >= 15 is 0 Å². The highest BCUT2D eigenvalue weighted by Crippen LogP contribution is 2.17. The van der Waals surface area contributed by atoms with Crippen LogP contribution in [0.5, 0.6) is 0 Å². The van der Waals surface area contributed by atoms with Crippen LogP contribution in [0.15, 0.2) is 59.5 Å². The SMILES string of the molecule is CSc1ccc(C(=O)N(CCCN)Cc2ccccc2)cc1.Cl. The largest absolute Gasteiger partial charge is 0.334 e. The van der Waals surface area contributed by atoms with Crippen LogP contribution in [0.2, 0.25) is 0 Å². The number of nitrogens with zero attached hydrogens (tertiary/aromatic N) is 1. The topological polar surface area (TPSA) is 46.3 Å². The number of halogens is 1. The molecule has 2 N–H and O–H groups in total.